The fourth-order valence-electron chi connectivity index (χ4n) is 4.73. The van der Waals surface area contributed by atoms with E-state index in [1.54, 1.807) is 5.54 Å². The predicted molar refractivity (Wildman–Crippen MR) is 110 cm³/mol. The van der Waals surface area contributed by atoms with Gasteiger partial charge >= 0.3 is 0 Å². The zero-order valence-electron chi connectivity index (χ0n) is 16.1. The van der Waals surface area contributed by atoms with E-state index in [9.17, 15) is 0 Å². The topological polar surface area (TPSA) is 25.8 Å². The van der Waals surface area contributed by atoms with Crippen LogP contribution in [0.15, 0.2) is 36.2 Å². The second-order valence-electron chi connectivity index (χ2n) is 8.17. The van der Waals surface area contributed by atoms with Gasteiger partial charge in [-0.25, -0.2) is 9.97 Å². The molecular formula is C23H33ClN2. The van der Waals surface area contributed by atoms with Gasteiger partial charge in [-0.3, -0.25) is 0 Å². The molecule has 142 valence electrons. The maximum atomic E-state index is 5.71. The smallest absolute Gasteiger partial charge is 0.131 e. The lowest BCUT2D eigenvalue weighted by Crippen LogP contribution is -2.16. The van der Waals surface area contributed by atoms with Crippen molar-refractivity contribution in [1.29, 1.82) is 0 Å². The fraction of sp³-hybridized carbons (Fsp3) is 0.652. The maximum absolute atomic E-state index is 5.71. The van der Waals surface area contributed by atoms with Gasteiger partial charge in [0.2, 0.25) is 0 Å². The SMILES string of the molecule is C/C=C/CCC1CCC(c2cnc(C3CCC(/C=C/Cl)CC3)nc2)CC1. The van der Waals surface area contributed by atoms with Gasteiger partial charge in [-0.15, -0.1) is 0 Å². The summed E-state index contributed by atoms with van der Waals surface area (Å²) in [5.74, 6) is 3.82. The molecule has 0 aliphatic heterocycles. The van der Waals surface area contributed by atoms with Crippen LogP contribution in [0.1, 0.15) is 94.4 Å². The number of hydrogen-bond acceptors (Lipinski definition) is 2. The van der Waals surface area contributed by atoms with Gasteiger partial charge in [-0.1, -0.05) is 29.8 Å². The second-order valence-corrected chi connectivity index (χ2v) is 8.42. The van der Waals surface area contributed by atoms with Crippen LogP contribution in [0.25, 0.3) is 0 Å². The second kappa shape index (κ2) is 10.3. The molecule has 1 aromatic heterocycles. The number of halogens is 1. The Labute approximate surface area is 164 Å². The third-order valence-electron chi connectivity index (χ3n) is 6.47. The minimum absolute atomic E-state index is 0.534. The van der Waals surface area contributed by atoms with Crippen LogP contribution in [0, 0.1) is 11.8 Å². The van der Waals surface area contributed by atoms with Gasteiger partial charge in [-0.05, 0) is 94.4 Å². The molecule has 26 heavy (non-hydrogen) atoms. The lowest BCUT2D eigenvalue weighted by atomic mass is 9.77. The van der Waals surface area contributed by atoms with Crippen molar-refractivity contribution in [3.63, 3.8) is 0 Å². The molecule has 0 unspecified atom stereocenters. The lowest BCUT2D eigenvalue weighted by Gasteiger charge is -2.29. The monoisotopic (exact) mass is 372 g/mol. The molecule has 0 atom stereocenters. The summed E-state index contributed by atoms with van der Waals surface area (Å²) in [7, 11) is 0. The zero-order chi connectivity index (χ0) is 18.2. The highest BCUT2D eigenvalue weighted by Crippen LogP contribution is 2.38. The Morgan fingerprint density at radius 2 is 1.62 bits per heavy atom. The number of allylic oxidation sites excluding steroid dienone is 3. The number of rotatable bonds is 6. The van der Waals surface area contributed by atoms with E-state index in [0.29, 0.717) is 17.8 Å². The van der Waals surface area contributed by atoms with Crippen LogP contribution in [-0.2, 0) is 0 Å². The Bertz CT molecular complexity index is 577. The molecular weight excluding hydrogens is 340 g/mol. The van der Waals surface area contributed by atoms with Crippen molar-refractivity contribution in [1.82, 2.24) is 9.97 Å². The molecule has 2 nitrogen and oxygen atoms in total. The first-order valence-electron chi connectivity index (χ1n) is 10.5. The van der Waals surface area contributed by atoms with Crippen molar-refractivity contribution >= 4 is 11.6 Å². The lowest BCUT2D eigenvalue weighted by molar-refractivity contribution is 0.311. The van der Waals surface area contributed by atoms with E-state index in [0.717, 1.165) is 11.7 Å². The molecule has 2 fully saturated rings. The first-order chi connectivity index (χ1) is 12.8. The quantitative estimate of drug-likeness (QED) is 0.496. The number of nitrogens with zero attached hydrogens (tertiary/aromatic N) is 2. The molecule has 0 aromatic carbocycles. The van der Waals surface area contributed by atoms with Gasteiger partial charge in [0.25, 0.3) is 0 Å². The summed E-state index contributed by atoms with van der Waals surface area (Å²) < 4.78 is 0. The molecule has 0 saturated heterocycles. The molecule has 0 amide bonds. The summed E-state index contributed by atoms with van der Waals surface area (Å²) in [5, 5.41) is 0. The van der Waals surface area contributed by atoms with Gasteiger partial charge < -0.3 is 0 Å². The predicted octanol–water partition coefficient (Wildman–Crippen LogP) is 7.13. The summed E-state index contributed by atoms with van der Waals surface area (Å²) in [4.78, 5) is 9.53. The minimum Gasteiger partial charge on any atom is -0.241 e. The van der Waals surface area contributed by atoms with E-state index in [1.807, 2.05) is 0 Å². The van der Waals surface area contributed by atoms with Gasteiger partial charge in [-0.2, -0.15) is 0 Å². The van der Waals surface area contributed by atoms with Crippen LogP contribution in [0.5, 0.6) is 0 Å². The first-order valence-corrected chi connectivity index (χ1v) is 10.9. The molecule has 1 aromatic rings. The Morgan fingerprint density at radius 3 is 2.23 bits per heavy atom. The summed E-state index contributed by atoms with van der Waals surface area (Å²) >= 11 is 5.71. The van der Waals surface area contributed by atoms with Gasteiger partial charge in [0.15, 0.2) is 0 Å². The Balaban J connectivity index is 1.48. The largest absolute Gasteiger partial charge is 0.241 e. The highest BCUT2D eigenvalue weighted by atomic mass is 35.5. The fourth-order valence-corrected chi connectivity index (χ4v) is 4.93. The third kappa shape index (κ3) is 5.42. The van der Waals surface area contributed by atoms with Gasteiger partial charge in [0.1, 0.15) is 5.82 Å². The van der Waals surface area contributed by atoms with Crippen LogP contribution in [0.3, 0.4) is 0 Å². The normalized spacial score (nSPS) is 30.2. The summed E-state index contributed by atoms with van der Waals surface area (Å²) in [6.45, 7) is 2.11. The molecule has 0 spiro atoms. The van der Waals surface area contributed by atoms with Crippen LogP contribution in [0.2, 0.25) is 0 Å². The molecule has 1 heterocycles. The van der Waals surface area contributed by atoms with E-state index < -0.39 is 0 Å². The van der Waals surface area contributed by atoms with Crippen molar-refractivity contribution in [2.75, 3.05) is 0 Å². The molecule has 2 aliphatic rings. The van der Waals surface area contributed by atoms with Crippen molar-refractivity contribution in [3.8, 4) is 0 Å². The van der Waals surface area contributed by atoms with E-state index >= 15 is 0 Å². The number of aromatic nitrogens is 2. The highest BCUT2D eigenvalue weighted by Gasteiger charge is 2.25. The van der Waals surface area contributed by atoms with Crippen LogP contribution in [-0.4, -0.2) is 9.97 Å². The van der Waals surface area contributed by atoms with Crippen LogP contribution in [0.4, 0.5) is 0 Å². The van der Waals surface area contributed by atoms with Crippen molar-refractivity contribution in [2.24, 2.45) is 11.8 Å². The average Bonchev–Trinajstić information content (AvgIpc) is 2.70. The van der Waals surface area contributed by atoms with E-state index in [-0.39, 0.29) is 0 Å². The van der Waals surface area contributed by atoms with Crippen LogP contribution < -0.4 is 0 Å². The average molecular weight is 373 g/mol. The van der Waals surface area contributed by atoms with Crippen LogP contribution >= 0.6 is 11.6 Å². The van der Waals surface area contributed by atoms with E-state index in [1.165, 1.54) is 69.8 Å². The van der Waals surface area contributed by atoms with E-state index in [4.69, 9.17) is 21.6 Å². The number of hydrogen-bond donors (Lipinski definition) is 0. The minimum atomic E-state index is 0.534. The van der Waals surface area contributed by atoms with Crippen molar-refractivity contribution < 1.29 is 0 Å². The van der Waals surface area contributed by atoms with E-state index in [2.05, 4.69) is 37.5 Å². The third-order valence-corrected chi connectivity index (χ3v) is 6.61. The molecule has 2 saturated carbocycles. The standard InChI is InChI=1S/C23H33ClN2/c1-2-3-4-5-18-6-10-20(11-7-18)22-16-25-23(26-17-22)21-12-8-19(9-13-21)14-15-24/h2-3,14-21H,4-13H2,1H3/b3-2+,15-14+. The Kier molecular flexibility index (Phi) is 7.73. The maximum Gasteiger partial charge on any atom is 0.131 e. The first kappa shape index (κ1) is 19.6. The highest BCUT2D eigenvalue weighted by molar-refractivity contribution is 6.25. The van der Waals surface area contributed by atoms with Gasteiger partial charge in [0.05, 0.1) is 0 Å². The zero-order valence-corrected chi connectivity index (χ0v) is 16.9. The molecule has 0 radical (unpaired) electrons. The molecule has 0 N–H and O–H groups in total. The Morgan fingerprint density at radius 1 is 0.962 bits per heavy atom. The summed E-state index contributed by atoms with van der Waals surface area (Å²) in [6, 6.07) is 0. The molecule has 3 rings (SSSR count). The van der Waals surface area contributed by atoms with Gasteiger partial charge in [0, 0.05) is 23.8 Å². The summed E-state index contributed by atoms with van der Waals surface area (Å²) in [6.07, 6.45) is 23.6. The molecule has 0 bridgehead atoms. The van der Waals surface area contributed by atoms with Crippen molar-refractivity contribution in [2.45, 2.75) is 83.0 Å². The molecule has 2 aliphatic carbocycles. The Hall–Kier alpha value is -1.15. The molecule has 3 heteroatoms. The van der Waals surface area contributed by atoms with Crippen molar-refractivity contribution in [3.05, 3.63) is 47.5 Å². The summed E-state index contributed by atoms with van der Waals surface area (Å²) in [5.41, 5.74) is 3.03.